The van der Waals surface area contributed by atoms with E-state index in [0.29, 0.717) is 5.56 Å². The molecule has 0 saturated carbocycles. The number of hydrogen-bond acceptors (Lipinski definition) is 2. The van der Waals surface area contributed by atoms with Gasteiger partial charge in [-0.15, -0.1) is 0 Å². The summed E-state index contributed by atoms with van der Waals surface area (Å²) in [6, 6.07) is 6.09. The maximum Gasteiger partial charge on any atom is 0.165 e. The lowest BCUT2D eigenvalue weighted by atomic mass is 9.99. The van der Waals surface area contributed by atoms with Gasteiger partial charge in [0.1, 0.15) is 11.6 Å². The molecule has 5 heteroatoms. The quantitative estimate of drug-likeness (QED) is 0.927. The van der Waals surface area contributed by atoms with Gasteiger partial charge in [0.15, 0.2) is 11.6 Å². The number of halogens is 3. The van der Waals surface area contributed by atoms with E-state index in [0.717, 1.165) is 24.3 Å². The third kappa shape index (κ3) is 2.71. The van der Waals surface area contributed by atoms with Crippen LogP contribution in [0, 0.1) is 17.5 Å². The number of ether oxygens (including phenoxy) is 1. The third-order valence-corrected chi connectivity index (χ3v) is 2.83. The number of methoxy groups -OCH3 is 1. The predicted octanol–water partition coefficient (Wildman–Crippen LogP) is 3.16. The van der Waals surface area contributed by atoms with Gasteiger partial charge in [-0.25, -0.2) is 13.2 Å². The molecule has 0 bridgehead atoms. The van der Waals surface area contributed by atoms with Crippen LogP contribution in [0.15, 0.2) is 36.4 Å². The molecular formula is C14H12F3NO. The fraction of sp³-hybridized carbons (Fsp3) is 0.143. The Morgan fingerprint density at radius 1 is 1.00 bits per heavy atom. The SMILES string of the molecule is COc1ccc(C(N)c2cc(F)ccc2F)cc1F. The first-order valence-electron chi connectivity index (χ1n) is 5.57. The molecule has 2 nitrogen and oxygen atoms in total. The summed E-state index contributed by atoms with van der Waals surface area (Å²) in [5.41, 5.74) is 6.14. The summed E-state index contributed by atoms with van der Waals surface area (Å²) >= 11 is 0. The molecular weight excluding hydrogens is 255 g/mol. The second kappa shape index (κ2) is 5.32. The van der Waals surface area contributed by atoms with Crippen LogP contribution >= 0.6 is 0 Å². The molecule has 2 N–H and O–H groups in total. The molecule has 0 aliphatic carbocycles. The molecule has 100 valence electrons. The van der Waals surface area contributed by atoms with Gasteiger partial charge in [-0.2, -0.15) is 0 Å². The van der Waals surface area contributed by atoms with E-state index in [9.17, 15) is 13.2 Å². The van der Waals surface area contributed by atoms with Crippen LogP contribution in [0.4, 0.5) is 13.2 Å². The maximum absolute atomic E-state index is 13.6. The summed E-state index contributed by atoms with van der Waals surface area (Å²) < 4.78 is 45.0. The number of hydrogen-bond donors (Lipinski definition) is 1. The molecule has 19 heavy (non-hydrogen) atoms. The summed E-state index contributed by atoms with van der Waals surface area (Å²) in [7, 11) is 1.34. The first-order valence-corrected chi connectivity index (χ1v) is 5.57. The molecule has 0 amide bonds. The van der Waals surface area contributed by atoms with Crippen LogP contribution in [-0.4, -0.2) is 7.11 Å². The van der Waals surface area contributed by atoms with Gasteiger partial charge >= 0.3 is 0 Å². The highest BCUT2D eigenvalue weighted by molar-refractivity contribution is 5.36. The largest absolute Gasteiger partial charge is 0.494 e. The average molecular weight is 267 g/mol. The lowest BCUT2D eigenvalue weighted by Gasteiger charge is -2.14. The minimum atomic E-state index is -0.948. The van der Waals surface area contributed by atoms with Crippen LogP contribution in [0.1, 0.15) is 17.2 Å². The van der Waals surface area contributed by atoms with Gasteiger partial charge in [-0.05, 0) is 35.9 Å². The molecule has 0 aliphatic rings. The first-order chi connectivity index (χ1) is 9.02. The predicted molar refractivity (Wildman–Crippen MR) is 65.3 cm³/mol. The molecule has 0 spiro atoms. The molecule has 0 aliphatic heterocycles. The zero-order chi connectivity index (χ0) is 14.0. The summed E-state index contributed by atoms with van der Waals surface area (Å²) in [5.74, 6) is -1.77. The van der Waals surface area contributed by atoms with E-state index in [1.807, 2.05) is 0 Å². The van der Waals surface area contributed by atoms with Crippen molar-refractivity contribution in [3.05, 3.63) is 65.0 Å². The molecule has 1 unspecified atom stereocenters. The molecule has 1 atom stereocenters. The lowest BCUT2D eigenvalue weighted by Crippen LogP contribution is -2.14. The zero-order valence-corrected chi connectivity index (χ0v) is 10.2. The van der Waals surface area contributed by atoms with Crippen molar-refractivity contribution < 1.29 is 17.9 Å². The van der Waals surface area contributed by atoms with Crippen molar-refractivity contribution in [2.45, 2.75) is 6.04 Å². The molecule has 2 rings (SSSR count). The van der Waals surface area contributed by atoms with E-state index < -0.39 is 23.5 Å². The second-order valence-corrected chi connectivity index (χ2v) is 4.04. The van der Waals surface area contributed by atoms with Gasteiger partial charge in [-0.3, -0.25) is 0 Å². The van der Waals surface area contributed by atoms with Crippen molar-refractivity contribution in [3.8, 4) is 5.75 Å². The van der Waals surface area contributed by atoms with E-state index in [-0.39, 0.29) is 11.3 Å². The van der Waals surface area contributed by atoms with Gasteiger partial charge in [0.25, 0.3) is 0 Å². The Balaban J connectivity index is 2.41. The number of rotatable bonds is 3. The summed E-state index contributed by atoms with van der Waals surface area (Å²) in [5, 5.41) is 0. The molecule has 0 fully saturated rings. The summed E-state index contributed by atoms with van der Waals surface area (Å²) in [6.07, 6.45) is 0. The molecule has 2 aromatic carbocycles. The smallest absolute Gasteiger partial charge is 0.165 e. The van der Waals surface area contributed by atoms with Crippen LogP contribution in [0.5, 0.6) is 5.75 Å². The molecule has 0 heterocycles. The fourth-order valence-corrected chi connectivity index (χ4v) is 1.81. The van der Waals surface area contributed by atoms with Crippen LogP contribution in [0.25, 0.3) is 0 Å². The van der Waals surface area contributed by atoms with E-state index >= 15 is 0 Å². The van der Waals surface area contributed by atoms with Crippen LogP contribution in [0.3, 0.4) is 0 Å². The van der Waals surface area contributed by atoms with Crippen LogP contribution in [0.2, 0.25) is 0 Å². The molecule has 0 saturated heterocycles. The molecule has 0 aromatic heterocycles. The van der Waals surface area contributed by atoms with Gasteiger partial charge in [0.2, 0.25) is 0 Å². The maximum atomic E-state index is 13.6. The summed E-state index contributed by atoms with van der Waals surface area (Å²) in [4.78, 5) is 0. The second-order valence-electron chi connectivity index (χ2n) is 4.04. The van der Waals surface area contributed by atoms with Crippen molar-refractivity contribution in [1.82, 2.24) is 0 Å². The number of benzene rings is 2. The van der Waals surface area contributed by atoms with Crippen molar-refractivity contribution in [2.75, 3.05) is 7.11 Å². The molecule has 0 radical (unpaired) electrons. The number of nitrogens with two attached hydrogens (primary N) is 1. The Morgan fingerprint density at radius 3 is 2.37 bits per heavy atom. The van der Waals surface area contributed by atoms with Crippen molar-refractivity contribution in [1.29, 1.82) is 0 Å². The fourth-order valence-electron chi connectivity index (χ4n) is 1.81. The standard InChI is InChI=1S/C14H12F3NO/c1-19-13-5-2-8(6-12(13)17)14(18)10-7-9(15)3-4-11(10)16/h2-7,14H,18H2,1H3. The van der Waals surface area contributed by atoms with Gasteiger partial charge in [0.05, 0.1) is 13.2 Å². The van der Waals surface area contributed by atoms with Crippen molar-refractivity contribution >= 4 is 0 Å². The topological polar surface area (TPSA) is 35.2 Å². The summed E-state index contributed by atoms with van der Waals surface area (Å²) in [6.45, 7) is 0. The minimum absolute atomic E-state index is 0.0235. The van der Waals surface area contributed by atoms with E-state index in [4.69, 9.17) is 10.5 Å². The van der Waals surface area contributed by atoms with Crippen LogP contribution in [-0.2, 0) is 0 Å². The van der Waals surface area contributed by atoms with Gasteiger partial charge in [0, 0.05) is 5.56 Å². The normalized spacial score (nSPS) is 12.3. The Labute approximate surface area is 108 Å². The van der Waals surface area contributed by atoms with Crippen molar-refractivity contribution in [3.63, 3.8) is 0 Å². The molecule has 2 aromatic rings. The van der Waals surface area contributed by atoms with E-state index in [1.165, 1.54) is 19.2 Å². The minimum Gasteiger partial charge on any atom is -0.494 e. The Kier molecular flexibility index (Phi) is 3.76. The van der Waals surface area contributed by atoms with Gasteiger partial charge in [-0.1, -0.05) is 6.07 Å². The monoisotopic (exact) mass is 267 g/mol. The lowest BCUT2D eigenvalue weighted by molar-refractivity contribution is 0.386. The Morgan fingerprint density at radius 2 is 1.74 bits per heavy atom. The zero-order valence-electron chi connectivity index (χ0n) is 10.2. The van der Waals surface area contributed by atoms with E-state index in [1.54, 1.807) is 0 Å². The highest BCUT2D eigenvalue weighted by atomic mass is 19.1. The van der Waals surface area contributed by atoms with E-state index in [2.05, 4.69) is 0 Å². The van der Waals surface area contributed by atoms with Crippen molar-refractivity contribution in [2.24, 2.45) is 5.73 Å². The highest BCUT2D eigenvalue weighted by Gasteiger charge is 2.16. The third-order valence-electron chi connectivity index (χ3n) is 2.83. The Bertz CT molecular complexity index is 601. The highest BCUT2D eigenvalue weighted by Crippen LogP contribution is 2.26. The van der Waals surface area contributed by atoms with Gasteiger partial charge < -0.3 is 10.5 Å². The van der Waals surface area contributed by atoms with Crippen LogP contribution < -0.4 is 10.5 Å². The average Bonchev–Trinajstić information content (AvgIpc) is 2.40. The Hall–Kier alpha value is -2.01. The first kappa shape index (κ1) is 13.4.